The van der Waals surface area contributed by atoms with Crippen LogP contribution in [0.1, 0.15) is 426 Å². The Morgan fingerprint density at radius 2 is 0.465 bits per heavy atom. The van der Waals surface area contributed by atoms with Crippen LogP contribution in [0.5, 0.6) is 0 Å². The van der Waals surface area contributed by atoms with E-state index in [0.29, 0.717) is 25.7 Å². The fourth-order valence-corrected chi connectivity index (χ4v) is 14.0. The first-order chi connectivity index (χ1) is 48.0. The molecule has 0 fully saturated rings. The summed E-state index contributed by atoms with van der Waals surface area (Å²) in [5, 5.41) is 10.6. The first-order valence-corrected chi connectivity index (χ1v) is 44.6. The molecule has 0 aromatic rings. The van der Waals surface area contributed by atoms with Crippen molar-refractivity contribution in [3.63, 3.8) is 0 Å². The van der Waals surface area contributed by atoms with Crippen LogP contribution in [0.25, 0.3) is 0 Å². The summed E-state index contributed by atoms with van der Waals surface area (Å²) in [6.45, 7) is 7.33. The van der Waals surface area contributed by atoms with E-state index in [1.54, 1.807) is 0 Å². The lowest BCUT2D eigenvalue weighted by Gasteiger charge is -2.21. The van der Waals surface area contributed by atoms with E-state index in [1.807, 2.05) is 0 Å². The van der Waals surface area contributed by atoms with Gasteiger partial charge in [0.1, 0.15) is 19.3 Å². The van der Waals surface area contributed by atoms with Crippen LogP contribution in [0.15, 0.2) is 0 Å². The number of esters is 4. The van der Waals surface area contributed by atoms with Gasteiger partial charge in [-0.1, -0.05) is 375 Å². The van der Waals surface area contributed by atoms with E-state index < -0.39 is 97.5 Å². The second-order valence-corrected chi connectivity index (χ2v) is 32.2. The molecule has 0 aliphatic rings. The van der Waals surface area contributed by atoms with Gasteiger partial charge in [0, 0.05) is 25.7 Å². The Bertz CT molecular complexity index is 1890. The van der Waals surface area contributed by atoms with Crippen molar-refractivity contribution in [2.75, 3.05) is 39.6 Å². The van der Waals surface area contributed by atoms with Gasteiger partial charge in [-0.2, -0.15) is 0 Å². The molecule has 0 heterocycles. The minimum absolute atomic E-state index is 0.108. The van der Waals surface area contributed by atoms with Crippen molar-refractivity contribution in [1.29, 1.82) is 0 Å². The standard InChI is InChI=1S/C80H156O17P2/c1-6-9-12-15-18-21-24-25-26-27-28-29-30-31-32-35-41-46-51-56-61-66-80(85)97-76(70-91-78(83)64-59-54-49-44-40-36-33-34-39-42-47-52-57-62-73(4)5)72-95-99(88,89)93-68-74(81)67-92-98(86,87)94-71-75(96-79(84)65-60-55-50-45-38-23-20-17-14-11-8-3)69-90-77(82)63-58-53-48-43-37-22-19-16-13-10-7-2/h73-76,81H,6-72H2,1-5H3,(H,86,87)(H,88,89)/t74-,75+,76+/m0/s1. The van der Waals surface area contributed by atoms with Crippen LogP contribution in [-0.2, 0) is 65.4 Å². The van der Waals surface area contributed by atoms with Crippen molar-refractivity contribution in [1.82, 2.24) is 0 Å². The third-order valence-electron chi connectivity index (χ3n) is 18.8. The molecule has 0 saturated carbocycles. The Labute approximate surface area is 607 Å². The van der Waals surface area contributed by atoms with Gasteiger partial charge in [0.05, 0.1) is 26.4 Å². The molecule has 19 heteroatoms. The summed E-state index contributed by atoms with van der Waals surface area (Å²) in [6.07, 6.45) is 63.8. The van der Waals surface area contributed by atoms with Gasteiger partial charge in [0.15, 0.2) is 12.2 Å². The van der Waals surface area contributed by atoms with E-state index in [1.165, 1.54) is 250 Å². The quantitative estimate of drug-likeness (QED) is 0.0222. The number of phosphoric ester groups is 2. The monoisotopic (exact) mass is 1450 g/mol. The van der Waals surface area contributed by atoms with Gasteiger partial charge in [-0.3, -0.25) is 37.3 Å². The highest BCUT2D eigenvalue weighted by atomic mass is 31.2. The average Bonchev–Trinajstić information content (AvgIpc) is 1.02. The summed E-state index contributed by atoms with van der Waals surface area (Å²) in [5.74, 6) is -1.32. The highest BCUT2D eigenvalue weighted by Gasteiger charge is 2.30. The fourth-order valence-electron chi connectivity index (χ4n) is 12.4. The summed E-state index contributed by atoms with van der Waals surface area (Å²) in [4.78, 5) is 72.9. The SMILES string of the molecule is CCCCCCCCCCCCCCCCCCCCCCCC(=O)O[C@H](COC(=O)CCCCCCCCCCCCCCCC(C)C)COP(=O)(O)OC[C@@H](O)COP(=O)(O)OC[C@@H](COC(=O)CCCCCCCCCCCCC)OC(=O)CCCCCCCCCCCCC. The minimum Gasteiger partial charge on any atom is -0.462 e. The van der Waals surface area contributed by atoms with Crippen molar-refractivity contribution in [3.05, 3.63) is 0 Å². The predicted molar refractivity (Wildman–Crippen MR) is 405 cm³/mol. The molecule has 588 valence electrons. The van der Waals surface area contributed by atoms with Crippen molar-refractivity contribution >= 4 is 39.5 Å². The number of aliphatic hydroxyl groups excluding tert-OH is 1. The molecule has 0 aromatic heterocycles. The predicted octanol–water partition coefficient (Wildman–Crippen LogP) is 24.0. The zero-order valence-corrected chi connectivity index (χ0v) is 66.4. The Morgan fingerprint density at radius 3 is 0.687 bits per heavy atom. The summed E-state index contributed by atoms with van der Waals surface area (Å²) in [7, 11) is -9.91. The Morgan fingerprint density at radius 1 is 0.273 bits per heavy atom. The number of phosphoric acid groups is 2. The molecule has 3 N–H and O–H groups in total. The van der Waals surface area contributed by atoms with Crippen molar-refractivity contribution in [2.45, 2.75) is 445 Å². The minimum atomic E-state index is -4.96. The van der Waals surface area contributed by atoms with Gasteiger partial charge in [-0.15, -0.1) is 0 Å². The van der Waals surface area contributed by atoms with E-state index in [-0.39, 0.29) is 25.7 Å². The molecule has 0 aliphatic carbocycles. The number of ether oxygens (including phenoxy) is 4. The Hall–Kier alpha value is -1.94. The summed E-state index contributed by atoms with van der Waals surface area (Å²) >= 11 is 0. The smallest absolute Gasteiger partial charge is 0.462 e. The number of hydrogen-bond donors (Lipinski definition) is 3. The maximum Gasteiger partial charge on any atom is 0.472 e. The van der Waals surface area contributed by atoms with Crippen molar-refractivity contribution in [2.24, 2.45) is 5.92 Å². The van der Waals surface area contributed by atoms with E-state index in [0.717, 1.165) is 95.8 Å². The molecule has 17 nitrogen and oxygen atoms in total. The second kappa shape index (κ2) is 73.0. The summed E-state index contributed by atoms with van der Waals surface area (Å²) in [5.41, 5.74) is 0. The lowest BCUT2D eigenvalue weighted by molar-refractivity contribution is -0.161. The topological polar surface area (TPSA) is 237 Å². The highest BCUT2D eigenvalue weighted by molar-refractivity contribution is 7.47. The number of aliphatic hydroxyl groups is 1. The molecule has 2 unspecified atom stereocenters. The van der Waals surface area contributed by atoms with E-state index >= 15 is 0 Å². The number of unbranched alkanes of at least 4 members (excludes halogenated alkanes) is 52. The maximum atomic E-state index is 13.1. The van der Waals surface area contributed by atoms with Crippen LogP contribution in [0.3, 0.4) is 0 Å². The van der Waals surface area contributed by atoms with Crippen LogP contribution in [0, 0.1) is 5.92 Å². The van der Waals surface area contributed by atoms with Gasteiger partial charge in [0.2, 0.25) is 0 Å². The Kier molecular flexibility index (Phi) is 71.6. The molecule has 0 bridgehead atoms. The molecular weight excluding hydrogens is 1290 g/mol. The lowest BCUT2D eigenvalue weighted by atomic mass is 10.0. The van der Waals surface area contributed by atoms with Gasteiger partial charge in [0.25, 0.3) is 0 Å². The van der Waals surface area contributed by atoms with Crippen molar-refractivity contribution in [3.8, 4) is 0 Å². The molecule has 99 heavy (non-hydrogen) atoms. The normalized spacial score (nSPS) is 13.9. The van der Waals surface area contributed by atoms with Crippen LogP contribution < -0.4 is 0 Å². The second-order valence-electron chi connectivity index (χ2n) is 29.3. The third kappa shape index (κ3) is 74.1. The van der Waals surface area contributed by atoms with Crippen LogP contribution in [-0.4, -0.2) is 96.7 Å². The molecule has 0 rings (SSSR count). The first kappa shape index (κ1) is 97.1. The zero-order valence-electron chi connectivity index (χ0n) is 64.6. The fraction of sp³-hybridized carbons (Fsp3) is 0.950. The maximum absolute atomic E-state index is 13.1. The van der Waals surface area contributed by atoms with Crippen LogP contribution >= 0.6 is 15.6 Å². The molecule has 0 radical (unpaired) electrons. The van der Waals surface area contributed by atoms with E-state index in [2.05, 4.69) is 34.6 Å². The largest absolute Gasteiger partial charge is 0.472 e. The van der Waals surface area contributed by atoms with E-state index in [4.69, 9.17) is 37.0 Å². The summed E-state index contributed by atoms with van der Waals surface area (Å²) in [6, 6.07) is 0. The summed E-state index contributed by atoms with van der Waals surface area (Å²) < 4.78 is 68.6. The zero-order chi connectivity index (χ0) is 72.7. The van der Waals surface area contributed by atoms with Gasteiger partial charge in [-0.25, -0.2) is 9.13 Å². The van der Waals surface area contributed by atoms with Gasteiger partial charge in [-0.05, 0) is 31.6 Å². The molecule has 0 aromatic carbocycles. The lowest BCUT2D eigenvalue weighted by Crippen LogP contribution is -2.30. The van der Waals surface area contributed by atoms with Crippen LogP contribution in [0.4, 0.5) is 0 Å². The molecule has 0 spiro atoms. The number of carbonyl (C=O) groups excluding carboxylic acids is 4. The molecule has 0 amide bonds. The van der Waals surface area contributed by atoms with Gasteiger partial charge >= 0.3 is 39.5 Å². The Balaban J connectivity index is 5.21. The van der Waals surface area contributed by atoms with E-state index in [9.17, 15) is 43.2 Å². The highest BCUT2D eigenvalue weighted by Crippen LogP contribution is 2.45. The first-order valence-electron chi connectivity index (χ1n) is 41.6. The molecule has 5 atom stereocenters. The van der Waals surface area contributed by atoms with Crippen molar-refractivity contribution < 1.29 is 80.2 Å². The molecule has 0 aliphatic heterocycles. The number of carbonyl (C=O) groups is 4. The molecule has 0 saturated heterocycles. The average molecular weight is 1450 g/mol. The number of hydrogen-bond acceptors (Lipinski definition) is 15. The third-order valence-corrected chi connectivity index (χ3v) is 20.7. The van der Waals surface area contributed by atoms with Gasteiger partial charge < -0.3 is 33.8 Å². The number of rotatable bonds is 80. The van der Waals surface area contributed by atoms with Crippen LogP contribution in [0.2, 0.25) is 0 Å². The molecular formula is C80H156O17P2.